The minimum atomic E-state index is -0.354. The number of hydrogen-bond donors (Lipinski definition) is 3. The van der Waals surface area contributed by atoms with E-state index in [1.54, 1.807) is 0 Å². The SMILES string of the molecule is OC1([C@@H]2CNCCN2)CC1. The smallest absolute Gasteiger partial charge is 0.0814 e. The van der Waals surface area contributed by atoms with Crippen molar-refractivity contribution >= 4 is 0 Å². The van der Waals surface area contributed by atoms with Crippen molar-refractivity contribution in [2.75, 3.05) is 19.6 Å². The van der Waals surface area contributed by atoms with Gasteiger partial charge < -0.3 is 15.7 Å². The second-order valence-corrected chi connectivity index (χ2v) is 3.31. The summed E-state index contributed by atoms with van der Waals surface area (Å²) >= 11 is 0. The van der Waals surface area contributed by atoms with Gasteiger partial charge in [-0.15, -0.1) is 0 Å². The van der Waals surface area contributed by atoms with Crippen LogP contribution >= 0.6 is 0 Å². The van der Waals surface area contributed by atoms with Crippen LogP contribution in [-0.2, 0) is 0 Å². The summed E-state index contributed by atoms with van der Waals surface area (Å²) in [7, 11) is 0. The van der Waals surface area contributed by atoms with Gasteiger partial charge in [0.05, 0.1) is 5.60 Å². The molecule has 58 valence electrons. The Bertz CT molecular complexity index is 128. The van der Waals surface area contributed by atoms with Gasteiger partial charge in [0.2, 0.25) is 0 Å². The molecule has 3 nitrogen and oxygen atoms in total. The first-order valence-electron chi connectivity index (χ1n) is 3.98. The summed E-state index contributed by atoms with van der Waals surface area (Å²) in [6, 6.07) is 0.307. The fraction of sp³-hybridized carbons (Fsp3) is 1.00. The van der Waals surface area contributed by atoms with Crippen LogP contribution in [0.5, 0.6) is 0 Å². The number of rotatable bonds is 1. The number of aliphatic hydroxyl groups is 1. The Labute approximate surface area is 60.8 Å². The van der Waals surface area contributed by atoms with E-state index in [2.05, 4.69) is 10.6 Å². The molecule has 0 aromatic rings. The second kappa shape index (κ2) is 2.19. The number of nitrogens with one attached hydrogen (secondary N) is 2. The molecule has 0 radical (unpaired) electrons. The maximum absolute atomic E-state index is 9.65. The summed E-state index contributed by atoms with van der Waals surface area (Å²) in [4.78, 5) is 0. The van der Waals surface area contributed by atoms with Gasteiger partial charge in [-0.25, -0.2) is 0 Å². The van der Waals surface area contributed by atoms with Crippen LogP contribution in [0.2, 0.25) is 0 Å². The van der Waals surface area contributed by atoms with Crippen molar-refractivity contribution in [3.63, 3.8) is 0 Å². The zero-order valence-corrected chi connectivity index (χ0v) is 6.06. The molecular formula is C7H14N2O. The van der Waals surface area contributed by atoms with E-state index in [9.17, 15) is 5.11 Å². The van der Waals surface area contributed by atoms with Crippen molar-refractivity contribution in [2.45, 2.75) is 24.5 Å². The second-order valence-electron chi connectivity index (χ2n) is 3.31. The van der Waals surface area contributed by atoms with Crippen LogP contribution in [0.3, 0.4) is 0 Å². The largest absolute Gasteiger partial charge is 0.388 e. The molecule has 1 aliphatic carbocycles. The predicted molar refractivity (Wildman–Crippen MR) is 38.8 cm³/mol. The fourth-order valence-corrected chi connectivity index (χ4v) is 1.51. The summed E-state index contributed by atoms with van der Waals surface area (Å²) in [6.45, 7) is 2.95. The lowest BCUT2D eigenvalue weighted by Crippen LogP contribution is -2.55. The van der Waals surface area contributed by atoms with E-state index >= 15 is 0 Å². The molecule has 2 fully saturated rings. The van der Waals surface area contributed by atoms with Crippen LogP contribution in [0.4, 0.5) is 0 Å². The van der Waals surface area contributed by atoms with Crippen molar-refractivity contribution in [3.05, 3.63) is 0 Å². The summed E-state index contributed by atoms with van der Waals surface area (Å²) in [5.41, 5.74) is -0.354. The highest BCUT2D eigenvalue weighted by Gasteiger charge is 2.47. The van der Waals surface area contributed by atoms with Crippen molar-refractivity contribution in [3.8, 4) is 0 Å². The van der Waals surface area contributed by atoms with E-state index in [1.807, 2.05) is 0 Å². The minimum absolute atomic E-state index is 0.307. The predicted octanol–water partition coefficient (Wildman–Crippen LogP) is -0.927. The molecule has 0 bridgehead atoms. The summed E-state index contributed by atoms with van der Waals surface area (Å²) in [5.74, 6) is 0. The Morgan fingerprint density at radius 3 is 2.60 bits per heavy atom. The summed E-state index contributed by atoms with van der Waals surface area (Å²) in [5, 5.41) is 16.2. The van der Waals surface area contributed by atoms with E-state index in [0.29, 0.717) is 6.04 Å². The van der Waals surface area contributed by atoms with Gasteiger partial charge in [-0.1, -0.05) is 0 Å². The minimum Gasteiger partial charge on any atom is -0.388 e. The topological polar surface area (TPSA) is 44.3 Å². The molecule has 1 atom stereocenters. The summed E-state index contributed by atoms with van der Waals surface area (Å²) in [6.07, 6.45) is 1.96. The normalized spacial score (nSPS) is 37.5. The van der Waals surface area contributed by atoms with Crippen LogP contribution in [0.15, 0.2) is 0 Å². The highest BCUT2D eigenvalue weighted by atomic mass is 16.3. The molecule has 0 unspecified atom stereocenters. The lowest BCUT2D eigenvalue weighted by Gasteiger charge is -2.28. The zero-order valence-electron chi connectivity index (χ0n) is 6.06. The molecule has 1 heterocycles. The molecule has 3 N–H and O–H groups in total. The van der Waals surface area contributed by atoms with Gasteiger partial charge in [0.15, 0.2) is 0 Å². The highest BCUT2D eigenvalue weighted by Crippen LogP contribution is 2.38. The molecule has 0 aromatic carbocycles. The van der Waals surface area contributed by atoms with Gasteiger partial charge in [-0.2, -0.15) is 0 Å². The van der Waals surface area contributed by atoms with E-state index in [-0.39, 0.29) is 5.60 Å². The number of hydrogen-bond acceptors (Lipinski definition) is 3. The maximum atomic E-state index is 9.65. The van der Waals surface area contributed by atoms with E-state index in [1.165, 1.54) is 0 Å². The first kappa shape index (κ1) is 6.58. The van der Waals surface area contributed by atoms with Gasteiger partial charge >= 0.3 is 0 Å². The molecule has 0 amide bonds. The van der Waals surface area contributed by atoms with Gasteiger partial charge in [0.1, 0.15) is 0 Å². The average Bonchev–Trinajstić information content (AvgIpc) is 2.72. The van der Waals surface area contributed by atoms with Crippen molar-refractivity contribution in [1.82, 2.24) is 10.6 Å². The third-order valence-corrected chi connectivity index (χ3v) is 2.45. The van der Waals surface area contributed by atoms with E-state index in [4.69, 9.17) is 0 Å². The Morgan fingerprint density at radius 2 is 2.10 bits per heavy atom. The lowest BCUT2D eigenvalue weighted by molar-refractivity contribution is 0.0949. The summed E-state index contributed by atoms with van der Waals surface area (Å²) < 4.78 is 0. The molecule has 2 aliphatic rings. The third-order valence-electron chi connectivity index (χ3n) is 2.45. The Kier molecular flexibility index (Phi) is 1.44. The Hall–Kier alpha value is -0.120. The van der Waals surface area contributed by atoms with Gasteiger partial charge in [-0.05, 0) is 12.8 Å². The maximum Gasteiger partial charge on any atom is 0.0814 e. The molecule has 3 heteroatoms. The monoisotopic (exact) mass is 142 g/mol. The van der Waals surface area contributed by atoms with Gasteiger partial charge in [0, 0.05) is 25.7 Å². The Balaban J connectivity index is 1.91. The molecular weight excluding hydrogens is 128 g/mol. The molecule has 1 saturated carbocycles. The van der Waals surface area contributed by atoms with Gasteiger partial charge in [-0.3, -0.25) is 0 Å². The molecule has 1 aliphatic heterocycles. The van der Waals surface area contributed by atoms with E-state index < -0.39 is 0 Å². The van der Waals surface area contributed by atoms with Crippen LogP contribution in [0.1, 0.15) is 12.8 Å². The molecule has 0 aromatic heterocycles. The van der Waals surface area contributed by atoms with Crippen LogP contribution in [0.25, 0.3) is 0 Å². The third kappa shape index (κ3) is 1.05. The average molecular weight is 142 g/mol. The first-order valence-corrected chi connectivity index (χ1v) is 3.98. The lowest BCUT2D eigenvalue weighted by atomic mass is 10.1. The van der Waals surface area contributed by atoms with E-state index in [0.717, 1.165) is 32.5 Å². The van der Waals surface area contributed by atoms with Crippen molar-refractivity contribution in [1.29, 1.82) is 0 Å². The van der Waals surface area contributed by atoms with Crippen LogP contribution < -0.4 is 10.6 Å². The highest BCUT2D eigenvalue weighted by molar-refractivity contribution is 5.05. The van der Waals surface area contributed by atoms with Crippen LogP contribution in [0, 0.1) is 0 Å². The standard InChI is InChI=1S/C7H14N2O/c10-7(1-2-7)6-5-8-3-4-9-6/h6,8-10H,1-5H2/t6-/m0/s1. The molecule has 1 saturated heterocycles. The number of piperazine rings is 1. The quantitative estimate of drug-likeness (QED) is 0.443. The fourth-order valence-electron chi connectivity index (χ4n) is 1.51. The van der Waals surface area contributed by atoms with Gasteiger partial charge in [0.25, 0.3) is 0 Å². The van der Waals surface area contributed by atoms with Crippen LogP contribution in [-0.4, -0.2) is 36.4 Å². The Morgan fingerprint density at radius 1 is 1.30 bits per heavy atom. The van der Waals surface area contributed by atoms with Crippen molar-refractivity contribution in [2.24, 2.45) is 0 Å². The van der Waals surface area contributed by atoms with Crippen molar-refractivity contribution < 1.29 is 5.11 Å². The molecule has 0 spiro atoms. The first-order chi connectivity index (χ1) is 4.81. The zero-order chi connectivity index (χ0) is 7.03. The molecule has 2 rings (SSSR count). The molecule has 10 heavy (non-hydrogen) atoms.